The molecule has 4 rings (SSSR count). The molecule has 1 aromatic heterocycles. The zero-order chi connectivity index (χ0) is 17.2. The molecular weight excluding hydrogens is 352 g/mol. The lowest BCUT2D eigenvalue weighted by Gasteiger charge is -2.24. The summed E-state index contributed by atoms with van der Waals surface area (Å²) >= 11 is 11.5. The molecule has 1 atom stereocenters. The van der Waals surface area contributed by atoms with Gasteiger partial charge < -0.3 is 0 Å². The predicted octanol–water partition coefficient (Wildman–Crippen LogP) is 4.92. The molecule has 1 fully saturated rings. The molecule has 1 N–H and O–H groups in total. The van der Waals surface area contributed by atoms with Crippen molar-refractivity contribution in [1.82, 2.24) is 19.7 Å². The van der Waals surface area contributed by atoms with Gasteiger partial charge in [0.25, 0.3) is 0 Å². The van der Waals surface area contributed by atoms with Crippen LogP contribution < -0.4 is 0 Å². The molecule has 0 saturated carbocycles. The molecule has 0 amide bonds. The number of hydrogen-bond acceptors (Lipinski definition) is 3. The number of nitrogens with one attached hydrogen (secondary N) is 1. The van der Waals surface area contributed by atoms with Gasteiger partial charge in [0.1, 0.15) is 0 Å². The number of aromatic nitrogens is 3. The summed E-state index contributed by atoms with van der Waals surface area (Å²) in [4.78, 5) is 2.48. The van der Waals surface area contributed by atoms with E-state index in [-0.39, 0.29) is 6.04 Å². The number of likely N-dealkylation sites (tertiary alicyclic amines) is 1. The van der Waals surface area contributed by atoms with Crippen molar-refractivity contribution >= 4 is 23.8 Å². The Morgan fingerprint density at radius 2 is 1.88 bits per heavy atom. The lowest BCUT2D eigenvalue weighted by atomic mass is 10.1. The zero-order valence-electron chi connectivity index (χ0n) is 13.7. The van der Waals surface area contributed by atoms with Gasteiger partial charge in [-0.25, -0.2) is 0 Å². The first-order valence-electron chi connectivity index (χ1n) is 8.43. The molecule has 2 aromatic carbocycles. The number of H-pyrrole nitrogens is 1. The Balaban J connectivity index is 1.67. The van der Waals surface area contributed by atoms with Gasteiger partial charge in [0.15, 0.2) is 10.6 Å². The van der Waals surface area contributed by atoms with E-state index in [9.17, 15) is 0 Å². The van der Waals surface area contributed by atoms with Gasteiger partial charge >= 0.3 is 0 Å². The van der Waals surface area contributed by atoms with Crippen LogP contribution >= 0.6 is 23.8 Å². The first kappa shape index (κ1) is 16.5. The Labute approximate surface area is 157 Å². The van der Waals surface area contributed by atoms with Crippen LogP contribution in [0.4, 0.5) is 0 Å². The molecule has 1 aliphatic heterocycles. The Bertz CT molecular complexity index is 901. The van der Waals surface area contributed by atoms with Crippen molar-refractivity contribution in [3.63, 3.8) is 0 Å². The molecule has 0 radical (unpaired) electrons. The zero-order valence-corrected chi connectivity index (χ0v) is 15.3. The first-order valence-corrected chi connectivity index (χ1v) is 9.22. The van der Waals surface area contributed by atoms with Crippen molar-refractivity contribution in [3.05, 3.63) is 75.8 Å². The summed E-state index contributed by atoms with van der Waals surface area (Å²) in [6.45, 7) is 1.99. The number of hydrogen-bond donors (Lipinski definition) is 1. The summed E-state index contributed by atoms with van der Waals surface area (Å²) in [5.74, 6) is 0.973. The van der Waals surface area contributed by atoms with Crippen LogP contribution in [0.5, 0.6) is 0 Å². The highest BCUT2D eigenvalue weighted by Gasteiger charge is 2.30. The van der Waals surface area contributed by atoms with Crippen LogP contribution in [-0.4, -0.2) is 26.2 Å². The Hall–Kier alpha value is -1.95. The highest BCUT2D eigenvalue weighted by molar-refractivity contribution is 7.71. The maximum atomic E-state index is 6.03. The smallest absolute Gasteiger partial charge is 0.199 e. The number of rotatable bonds is 4. The molecule has 25 heavy (non-hydrogen) atoms. The second kappa shape index (κ2) is 7.12. The molecule has 3 aromatic rings. The van der Waals surface area contributed by atoms with E-state index in [2.05, 4.69) is 45.4 Å². The van der Waals surface area contributed by atoms with Crippen LogP contribution in [0.1, 0.15) is 30.3 Å². The number of halogens is 1. The van der Waals surface area contributed by atoms with E-state index in [4.69, 9.17) is 23.8 Å². The van der Waals surface area contributed by atoms with Crippen molar-refractivity contribution in [2.24, 2.45) is 0 Å². The van der Waals surface area contributed by atoms with Gasteiger partial charge in [-0.2, -0.15) is 5.10 Å². The third kappa shape index (κ3) is 3.40. The molecule has 1 saturated heterocycles. The topological polar surface area (TPSA) is 36.9 Å². The Kier molecular flexibility index (Phi) is 4.70. The maximum Gasteiger partial charge on any atom is 0.199 e. The lowest BCUT2D eigenvalue weighted by Crippen LogP contribution is -2.25. The highest BCUT2D eigenvalue weighted by atomic mass is 35.5. The summed E-state index contributed by atoms with van der Waals surface area (Å²) in [7, 11) is 0. The average Bonchev–Trinajstić information content (AvgIpc) is 3.23. The van der Waals surface area contributed by atoms with Crippen molar-refractivity contribution in [2.45, 2.75) is 25.4 Å². The molecule has 128 valence electrons. The third-order valence-corrected chi connectivity index (χ3v) is 5.20. The van der Waals surface area contributed by atoms with Gasteiger partial charge in [-0.05, 0) is 61.4 Å². The molecule has 6 heteroatoms. The SMILES string of the molecule is S=c1[nH]nc(C2CCCN2Cc2ccccc2)n1-c1ccc(Cl)cc1. The van der Waals surface area contributed by atoms with Crippen LogP contribution in [0.15, 0.2) is 54.6 Å². The molecule has 2 heterocycles. The highest BCUT2D eigenvalue weighted by Crippen LogP contribution is 2.33. The largest absolute Gasteiger partial charge is 0.289 e. The minimum atomic E-state index is 0.254. The first-order chi connectivity index (χ1) is 12.2. The van der Waals surface area contributed by atoms with E-state index in [0.29, 0.717) is 9.79 Å². The fourth-order valence-corrected chi connectivity index (χ4v) is 3.87. The Morgan fingerprint density at radius 1 is 1.12 bits per heavy atom. The van der Waals surface area contributed by atoms with Crippen molar-refractivity contribution in [2.75, 3.05) is 6.54 Å². The van der Waals surface area contributed by atoms with Crippen LogP contribution in [0.2, 0.25) is 5.02 Å². The van der Waals surface area contributed by atoms with Crippen molar-refractivity contribution in [3.8, 4) is 5.69 Å². The molecule has 4 nitrogen and oxygen atoms in total. The van der Waals surface area contributed by atoms with Crippen LogP contribution in [0.25, 0.3) is 5.69 Å². The van der Waals surface area contributed by atoms with Crippen molar-refractivity contribution < 1.29 is 0 Å². The predicted molar refractivity (Wildman–Crippen MR) is 103 cm³/mol. The Morgan fingerprint density at radius 3 is 2.64 bits per heavy atom. The fraction of sp³-hybridized carbons (Fsp3) is 0.263. The molecule has 1 unspecified atom stereocenters. The minimum absolute atomic E-state index is 0.254. The van der Waals surface area contributed by atoms with E-state index in [1.165, 1.54) is 5.56 Å². The quantitative estimate of drug-likeness (QED) is 0.662. The molecular formula is C19H19ClN4S. The van der Waals surface area contributed by atoms with Crippen LogP contribution in [0, 0.1) is 4.77 Å². The van der Waals surface area contributed by atoms with Gasteiger partial charge in [0.2, 0.25) is 0 Å². The van der Waals surface area contributed by atoms with Gasteiger partial charge in [-0.1, -0.05) is 41.9 Å². The van der Waals surface area contributed by atoms with E-state index in [1.54, 1.807) is 0 Å². The molecule has 0 bridgehead atoms. The summed E-state index contributed by atoms with van der Waals surface area (Å²) in [6, 6.07) is 18.5. The van der Waals surface area contributed by atoms with Gasteiger partial charge in [-0.3, -0.25) is 14.6 Å². The second-order valence-electron chi connectivity index (χ2n) is 6.31. The fourth-order valence-electron chi connectivity index (χ4n) is 3.50. The van der Waals surface area contributed by atoms with Gasteiger partial charge in [-0.15, -0.1) is 0 Å². The molecule has 0 spiro atoms. The minimum Gasteiger partial charge on any atom is -0.289 e. The summed E-state index contributed by atoms with van der Waals surface area (Å²) in [6.07, 6.45) is 2.25. The van der Waals surface area contributed by atoms with Gasteiger partial charge in [0.05, 0.1) is 6.04 Å². The summed E-state index contributed by atoms with van der Waals surface area (Å²) in [5.41, 5.74) is 2.31. The summed E-state index contributed by atoms with van der Waals surface area (Å²) in [5, 5.41) is 8.24. The number of aromatic amines is 1. The molecule has 0 aliphatic carbocycles. The van der Waals surface area contributed by atoms with E-state index >= 15 is 0 Å². The second-order valence-corrected chi connectivity index (χ2v) is 7.14. The monoisotopic (exact) mass is 370 g/mol. The number of nitrogens with zero attached hydrogens (tertiary/aromatic N) is 3. The van der Waals surface area contributed by atoms with Crippen LogP contribution in [-0.2, 0) is 6.54 Å². The normalized spacial score (nSPS) is 17.9. The van der Waals surface area contributed by atoms with E-state index < -0.39 is 0 Å². The standard InChI is InChI=1S/C19H19ClN4S/c20-15-8-10-16(11-9-15)24-18(21-22-19(24)25)17-7-4-12-23(17)13-14-5-2-1-3-6-14/h1-3,5-6,8-11,17H,4,7,12-13H2,(H,22,25). The average molecular weight is 371 g/mol. The number of benzene rings is 2. The molecule has 1 aliphatic rings. The summed E-state index contributed by atoms with van der Waals surface area (Å²) < 4.78 is 2.64. The van der Waals surface area contributed by atoms with E-state index in [1.807, 2.05) is 28.8 Å². The van der Waals surface area contributed by atoms with E-state index in [0.717, 1.165) is 37.4 Å². The maximum absolute atomic E-state index is 6.03. The van der Waals surface area contributed by atoms with Gasteiger partial charge in [0, 0.05) is 17.3 Å². The lowest BCUT2D eigenvalue weighted by molar-refractivity contribution is 0.237. The van der Waals surface area contributed by atoms with Crippen LogP contribution in [0.3, 0.4) is 0 Å². The van der Waals surface area contributed by atoms with Crippen molar-refractivity contribution in [1.29, 1.82) is 0 Å². The third-order valence-electron chi connectivity index (χ3n) is 4.67.